The summed E-state index contributed by atoms with van der Waals surface area (Å²) in [4.78, 5) is 12.5. The first-order valence-electron chi connectivity index (χ1n) is 7.73. The Morgan fingerprint density at radius 2 is 1.81 bits per heavy atom. The summed E-state index contributed by atoms with van der Waals surface area (Å²) in [6.07, 6.45) is 6.50. The van der Waals surface area contributed by atoms with Crippen molar-refractivity contribution in [3.8, 4) is 0 Å². The largest absolute Gasteiger partial charge is 0.337 e. The van der Waals surface area contributed by atoms with Gasteiger partial charge in [0, 0.05) is 34.9 Å². The van der Waals surface area contributed by atoms with E-state index in [4.69, 9.17) is 38.5 Å². The van der Waals surface area contributed by atoms with E-state index < -0.39 is 5.09 Å². The fourth-order valence-corrected chi connectivity index (χ4v) is 2.94. The first-order chi connectivity index (χ1) is 12.5. The molecule has 8 heteroatoms. The van der Waals surface area contributed by atoms with E-state index in [9.17, 15) is 0 Å². The highest BCUT2D eigenvalue weighted by Crippen LogP contribution is 2.27. The lowest BCUT2D eigenvalue weighted by Crippen LogP contribution is -2.11. The normalized spacial score (nSPS) is 11.3. The molecule has 0 amide bonds. The van der Waals surface area contributed by atoms with Crippen molar-refractivity contribution in [2.75, 3.05) is 0 Å². The third kappa shape index (κ3) is 6.38. The second kappa shape index (κ2) is 9.79. The minimum absolute atomic E-state index is 0.311. The molecule has 136 valence electrons. The number of imidazole rings is 1. The minimum Gasteiger partial charge on any atom is -0.337 e. The van der Waals surface area contributed by atoms with E-state index in [1.807, 2.05) is 42.9 Å². The monoisotopic (exact) mass is 393 g/mol. The molecule has 26 heavy (non-hydrogen) atoms. The number of aromatic nitrogens is 2. The molecule has 2 aromatic carbocycles. The van der Waals surface area contributed by atoms with E-state index in [2.05, 4.69) is 27.8 Å². The van der Waals surface area contributed by atoms with Gasteiger partial charge >= 0.3 is 0 Å². The molecule has 0 aliphatic rings. The zero-order valence-corrected chi connectivity index (χ0v) is 15.2. The lowest BCUT2D eigenvalue weighted by atomic mass is 9.92. The van der Waals surface area contributed by atoms with Gasteiger partial charge in [0.25, 0.3) is 5.09 Å². The smallest absolute Gasteiger partial charge is 0.291 e. The summed E-state index contributed by atoms with van der Waals surface area (Å²) in [6, 6.07) is 16.0. The second-order valence-electron chi connectivity index (χ2n) is 5.54. The maximum absolute atomic E-state index is 8.36. The maximum Gasteiger partial charge on any atom is 0.291 e. The molecule has 1 unspecified atom stereocenters. The summed E-state index contributed by atoms with van der Waals surface area (Å²) >= 11 is 12.3. The Kier molecular flexibility index (Phi) is 7.44. The van der Waals surface area contributed by atoms with Crippen LogP contribution in [0, 0.1) is 10.1 Å². The van der Waals surface area contributed by atoms with Crippen LogP contribution >= 0.6 is 23.2 Å². The molecule has 0 bridgehead atoms. The van der Waals surface area contributed by atoms with Crippen LogP contribution in [0.15, 0.2) is 67.3 Å². The van der Waals surface area contributed by atoms with Crippen LogP contribution in [-0.2, 0) is 13.0 Å². The number of benzene rings is 2. The number of hydrogen-bond donors (Lipinski definition) is 1. The predicted octanol–water partition coefficient (Wildman–Crippen LogP) is 4.87. The molecule has 0 saturated carbocycles. The van der Waals surface area contributed by atoms with E-state index in [0.29, 0.717) is 5.92 Å². The minimum atomic E-state index is -1.50. The Bertz CT molecular complexity index is 820. The SMILES string of the molecule is Clc1ccc(C(Cc2ccccc2Cl)Cn2ccnc2)cc1.O=[N+]([O-])O. The maximum atomic E-state index is 8.36. The standard InChI is InChI=1S/C18H16Cl2N2.HNO3/c19-17-7-5-14(6-8-17)16(12-22-10-9-21-13-22)11-15-3-1-2-4-18(15)20;2-1(3)4/h1-10,13,16H,11-12H2;(H,2,3,4). The fourth-order valence-electron chi connectivity index (χ4n) is 2.60. The van der Waals surface area contributed by atoms with Gasteiger partial charge in [-0.3, -0.25) is 0 Å². The van der Waals surface area contributed by atoms with Gasteiger partial charge in [-0.05, 0) is 35.7 Å². The van der Waals surface area contributed by atoms with Gasteiger partial charge in [0.1, 0.15) is 0 Å². The Morgan fingerprint density at radius 3 is 2.38 bits per heavy atom. The van der Waals surface area contributed by atoms with Crippen LogP contribution in [0.2, 0.25) is 10.0 Å². The summed E-state index contributed by atoms with van der Waals surface area (Å²) in [5, 5.41) is 15.2. The molecule has 0 aliphatic carbocycles. The molecule has 0 radical (unpaired) electrons. The predicted molar refractivity (Wildman–Crippen MR) is 100 cm³/mol. The molecule has 3 aromatic rings. The summed E-state index contributed by atoms with van der Waals surface area (Å²) < 4.78 is 2.09. The topological polar surface area (TPSA) is 81.2 Å². The second-order valence-corrected chi connectivity index (χ2v) is 6.38. The summed E-state index contributed by atoms with van der Waals surface area (Å²) in [6.45, 7) is 0.854. The van der Waals surface area contributed by atoms with E-state index in [0.717, 1.165) is 28.6 Å². The number of rotatable bonds is 5. The summed E-state index contributed by atoms with van der Waals surface area (Å²) in [5.41, 5.74) is 2.40. The lowest BCUT2D eigenvalue weighted by molar-refractivity contribution is -0.742. The van der Waals surface area contributed by atoms with Gasteiger partial charge in [-0.15, -0.1) is 10.1 Å². The van der Waals surface area contributed by atoms with Crippen LogP contribution in [0.4, 0.5) is 0 Å². The third-order valence-corrected chi connectivity index (χ3v) is 4.38. The molecule has 0 fully saturated rings. The van der Waals surface area contributed by atoms with Gasteiger partial charge in [0.15, 0.2) is 0 Å². The Hall–Kier alpha value is -2.57. The van der Waals surface area contributed by atoms with Crippen LogP contribution in [0.1, 0.15) is 17.0 Å². The van der Waals surface area contributed by atoms with Gasteiger partial charge < -0.3 is 9.77 Å². The summed E-state index contributed by atoms with van der Waals surface area (Å²) in [5.74, 6) is 0.311. The van der Waals surface area contributed by atoms with Gasteiger partial charge in [0.2, 0.25) is 0 Å². The molecule has 1 aromatic heterocycles. The van der Waals surface area contributed by atoms with E-state index >= 15 is 0 Å². The molecule has 0 spiro atoms. The van der Waals surface area contributed by atoms with Gasteiger partial charge in [-0.1, -0.05) is 53.5 Å². The molecular formula is C18H17Cl2N3O3. The fraction of sp³-hybridized carbons (Fsp3) is 0.167. The van der Waals surface area contributed by atoms with Crippen molar-refractivity contribution < 1.29 is 10.3 Å². The van der Waals surface area contributed by atoms with Crippen molar-refractivity contribution in [3.63, 3.8) is 0 Å². The molecule has 3 rings (SSSR count). The molecule has 6 nitrogen and oxygen atoms in total. The van der Waals surface area contributed by atoms with Gasteiger partial charge in [0.05, 0.1) is 6.33 Å². The van der Waals surface area contributed by atoms with Crippen molar-refractivity contribution in [1.82, 2.24) is 9.55 Å². The molecule has 0 saturated heterocycles. The van der Waals surface area contributed by atoms with Crippen LogP contribution in [0.3, 0.4) is 0 Å². The van der Waals surface area contributed by atoms with Crippen LogP contribution in [0.5, 0.6) is 0 Å². The number of nitrogens with zero attached hydrogens (tertiary/aromatic N) is 3. The highest BCUT2D eigenvalue weighted by Gasteiger charge is 2.15. The van der Waals surface area contributed by atoms with Crippen molar-refractivity contribution >= 4 is 23.2 Å². The van der Waals surface area contributed by atoms with Gasteiger partial charge in [-0.25, -0.2) is 4.98 Å². The third-order valence-electron chi connectivity index (χ3n) is 3.76. The summed E-state index contributed by atoms with van der Waals surface area (Å²) in [7, 11) is 0. The quantitative estimate of drug-likeness (QED) is 0.495. The van der Waals surface area contributed by atoms with Crippen LogP contribution in [0.25, 0.3) is 0 Å². The first kappa shape index (κ1) is 19.8. The number of hydrogen-bond acceptors (Lipinski definition) is 3. The average Bonchev–Trinajstić information content (AvgIpc) is 3.09. The lowest BCUT2D eigenvalue weighted by Gasteiger charge is -2.19. The van der Waals surface area contributed by atoms with Crippen molar-refractivity contribution in [3.05, 3.63) is 98.5 Å². The van der Waals surface area contributed by atoms with Crippen LogP contribution < -0.4 is 0 Å². The average molecular weight is 394 g/mol. The van der Waals surface area contributed by atoms with Crippen molar-refractivity contribution in [1.29, 1.82) is 0 Å². The Morgan fingerprint density at radius 1 is 1.15 bits per heavy atom. The molecular weight excluding hydrogens is 377 g/mol. The highest BCUT2D eigenvalue weighted by molar-refractivity contribution is 6.31. The van der Waals surface area contributed by atoms with E-state index in [1.165, 1.54) is 5.56 Å². The van der Waals surface area contributed by atoms with Gasteiger partial charge in [-0.2, -0.15) is 0 Å². The Labute approximate surface area is 160 Å². The Balaban J connectivity index is 0.000000552. The van der Waals surface area contributed by atoms with Crippen LogP contribution in [-0.4, -0.2) is 19.8 Å². The van der Waals surface area contributed by atoms with E-state index in [1.54, 1.807) is 6.20 Å². The van der Waals surface area contributed by atoms with Crippen molar-refractivity contribution in [2.45, 2.75) is 18.9 Å². The highest BCUT2D eigenvalue weighted by atomic mass is 35.5. The van der Waals surface area contributed by atoms with Crippen molar-refractivity contribution in [2.24, 2.45) is 0 Å². The zero-order chi connectivity index (χ0) is 18.9. The first-order valence-corrected chi connectivity index (χ1v) is 8.49. The number of halogens is 2. The van der Waals surface area contributed by atoms with E-state index in [-0.39, 0.29) is 0 Å². The molecule has 1 N–H and O–H groups in total. The molecule has 1 heterocycles. The molecule has 1 atom stereocenters. The molecule has 0 aliphatic heterocycles. The zero-order valence-electron chi connectivity index (χ0n) is 13.7.